The van der Waals surface area contributed by atoms with Gasteiger partial charge in [-0.3, -0.25) is 0 Å². The van der Waals surface area contributed by atoms with Crippen LogP contribution in [0.15, 0.2) is 48.7 Å². The number of carbonyl (C=O) groups excluding carboxylic acids is 1. The zero-order valence-electron chi connectivity index (χ0n) is 19.2. The monoisotopic (exact) mass is 439 g/mol. The molecule has 172 valence electrons. The molecule has 1 saturated heterocycles. The maximum absolute atomic E-state index is 12.3. The average Bonchev–Trinajstić information content (AvgIpc) is 2.75. The average molecular weight is 440 g/mol. The number of piperazine rings is 1. The van der Waals surface area contributed by atoms with Crippen LogP contribution in [-0.2, 0) is 16.1 Å². The molecule has 1 aromatic carbocycles. The second kappa shape index (κ2) is 9.77. The quantitative estimate of drug-likeness (QED) is 0.670. The lowest BCUT2D eigenvalue weighted by atomic mass is 9.92. The van der Waals surface area contributed by atoms with E-state index in [0.717, 1.165) is 31.6 Å². The highest BCUT2D eigenvalue weighted by molar-refractivity contribution is 5.68. The van der Waals surface area contributed by atoms with Gasteiger partial charge in [0, 0.05) is 57.0 Å². The van der Waals surface area contributed by atoms with Crippen LogP contribution in [0.1, 0.15) is 39.2 Å². The Balaban J connectivity index is 1.21. The van der Waals surface area contributed by atoms with Crippen LogP contribution in [0.5, 0.6) is 5.88 Å². The predicted octanol–water partition coefficient (Wildman–Crippen LogP) is 4.27. The Kier molecular flexibility index (Phi) is 6.84. The van der Waals surface area contributed by atoms with E-state index < -0.39 is 5.60 Å². The number of pyridine rings is 1. The number of nitrogens with zero attached hydrogens (tertiary/aromatic N) is 3. The summed E-state index contributed by atoms with van der Waals surface area (Å²) in [4.78, 5) is 20.7. The van der Waals surface area contributed by atoms with Crippen molar-refractivity contribution < 1.29 is 19.0 Å². The molecular weight excluding hydrogens is 406 g/mol. The van der Waals surface area contributed by atoms with Gasteiger partial charge in [0.15, 0.2) is 0 Å². The van der Waals surface area contributed by atoms with Crippen LogP contribution in [0.2, 0.25) is 0 Å². The van der Waals surface area contributed by atoms with Gasteiger partial charge in [0.05, 0.1) is 12.7 Å². The molecule has 2 heterocycles. The van der Waals surface area contributed by atoms with Gasteiger partial charge in [-0.25, -0.2) is 9.78 Å². The standard InChI is InChI=1S/C25H33N3O4/c1-25(2,3)32-24(29)28-13-11-27(12-14-28)20-9-10-26-23(15-20)31-22-16-21(17-22)30-18-19-7-5-4-6-8-19/h4-10,15,21-22H,11-14,16-18H2,1-3H3. The van der Waals surface area contributed by atoms with Crippen LogP contribution in [0.3, 0.4) is 0 Å². The van der Waals surface area contributed by atoms with E-state index in [0.29, 0.717) is 25.6 Å². The van der Waals surface area contributed by atoms with Gasteiger partial charge in [-0.05, 0) is 32.4 Å². The SMILES string of the molecule is CC(C)(C)OC(=O)N1CCN(c2ccnc(OC3CC(OCc4ccccc4)C3)c2)CC1. The molecule has 0 unspecified atom stereocenters. The Bertz CT molecular complexity index is 886. The molecule has 1 amide bonds. The number of ether oxygens (including phenoxy) is 3. The van der Waals surface area contributed by atoms with Gasteiger partial charge < -0.3 is 24.0 Å². The number of carbonyl (C=O) groups is 1. The molecule has 2 aliphatic rings. The number of anilines is 1. The largest absolute Gasteiger partial charge is 0.474 e. The molecule has 0 bridgehead atoms. The zero-order valence-corrected chi connectivity index (χ0v) is 19.2. The van der Waals surface area contributed by atoms with E-state index in [2.05, 4.69) is 22.0 Å². The lowest BCUT2D eigenvalue weighted by molar-refractivity contribution is -0.0694. The first kappa shape index (κ1) is 22.4. The van der Waals surface area contributed by atoms with Gasteiger partial charge in [0.2, 0.25) is 5.88 Å². The fourth-order valence-corrected chi connectivity index (χ4v) is 3.84. The summed E-state index contributed by atoms with van der Waals surface area (Å²) in [6.07, 6.45) is 3.69. The highest BCUT2D eigenvalue weighted by Gasteiger charge is 2.32. The molecule has 1 saturated carbocycles. The first-order valence-electron chi connectivity index (χ1n) is 11.4. The summed E-state index contributed by atoms with van der Waals surface area (Å²) in [6.45, 7) is 9.08. The van der Waals surface area contributed by atoms with E-state index in [-0.39, 0.29) is 18.3 Å². The van der Waals surface area contributed by atoms with Gasteiger partial charge >= 0.3 is 6.09 Å². The summed E-state index contributed by atoms with van der Waals surface area (Å²) in [5.74, 6) is 0.642. The van der Waals surface area contributed by atoms with Crippen molar-refractivity contribution in [2.24, 2.45) is 0 Å². The van der Waals surface area contributed by atoms with E-state index >= 15 is 0 Å². The highest BCUT2D eigenvalue weighted by atomic mass is 16.6. The third-order valence-electron chi connectivity index (χ3n) is 5.68. The minimum Gasteiger partial charge on any atom is -0.474 e. The molecule has 0 atom stereocenters. The highest BCUT2D eigenvalue weighted by Crippen LogP contribution is 2.30. The minimum absolute atomic E-state index is 0.141. The molecule has 32 heavy (non-hydrogen) atoms. The molecule has 1 aliphatic heterocycles. The first-order chi connectivity index (χ1) is 15.4. The van der Waals surface area contributed by atoms with Crippen LogP contribution in [0, 0.1) is 0 Å². The Morgan fingerprint density at radius 1 is 1.03 bits per heavy atom. The maximum Gasteiger partial charge on any atom is 0.410 e. The van der Waals surface area contributed by atoms with Gasteiger partial charge in [0.1, 0.15) is 11.7 Å². The Morgan fingerprint density at radius 2 is 1.75 bits per heavy atom. The predicted molar refractivity (Wildman–Crippen MR) is 123 cm³/mol. The van der Waals surface area contributed by atoms with E-state index in [9.17, 15) is 4.79 Å². The summed E-state index contributed by atoms with van der Waals surface area (Å²) in [5, 5.41) is 0. The van der Waals surface area contributed by atoms with Crippen LogP contribution >= 0.6 is 0 Å². The number of amides is 1. The maximum atomic E-state index is 12.3. The van der Waals surface area contributed by atoms with Crippen LogP contribution in [0.4, 0.5) is 10.5 Å². The second-order valence-electron chi connectivity index (χ2n) is 9.44. The molecule has 7 heteroatoms. The number of benzene rings is 1. The second-order valence-corrected chi connectivity index (χ2v) is 9.44. The normalized spacial score (nSPS) is 21.1. The lowest BCUT2D eigenvalue weighted by Crippen LogP contribution is -2.50. The molecule has 7 nitrogen and oxygen atoms in total. The first-order valence-corrected chi connectivity index (χ1v) is 11.4. The van der Waals surface area contributed by atoms with Crippen molar-refractivity contribution in [3.8, 4) is 5.88 Å². The van der Waals surface area contributed by atoms with Crippen molar-refractivity contribution >= 4 is 11.8 Å². The van der Waals surface area contributed by atoms with E-state index in [1.807, 2.05) is 51.1 Å². The molecule has 0 radical (unpaired) electrons. The van der Waals surface area contributed by atoms with Crippen molar-refractivity contribution in [1.29, 1.82) is 0 Å². The lowest BCUT2D eigenvalue weighted by Gasteiger charge is -2.37. The van der Waals surface area contributed by atoms with Crippen LogP contribution in [-0.4, -0.2) is 60.0 Å². The summed E-state index contributed by atoms with van der Waals surface area (Å²) < 4.78 is 17.5. The molecule has 1 aliphatic carbocycles. The zero-order chi connectivity index (χ0) is 22.6. The fourth-order valence-electron chi connectivity index (χ4n) is 3.84. The molecule has 0 spiro atoms. The number of aromatic nitrogens is 1. The van der Waals surface area contributed by atoms with Gasteiger partial charge in [-0.2, -0.15) is 0 Å². The summed E-state index contributed by atoms with van der Waals surface area (Å²) in [6, 6.07) is 14.2. The molecular formula is C25H33N3O4. The third kappa shape index (κ3) is 6.13. The Hall–Kier alpha value is -2.80. The van der Waals surface area contributed by atoms with E-state index in [4.69, 9.17) is 14.2 Å². The van der Waals surface area contributed by atoms with Crippen LogP contribution < -0.4 is 9.64 Å². The topological polar surface area (TPSA) is 64.1 Å². The molecule has 0 N–H and O–H groups in total. The minimum atomic E-state index is -0.474. The third-order valence-corrected chi connectivity index (χ3v) is 5.68. The molecule has 2 aromatic rings. The van der Waals surface area contributed by atoms with Crippen molar-refractivity contribution in [3.63, 3.8) is 0 Å². The van der Waals surface area contributed by atoms with E-state index in [1.54, 1.807) is 11.1 Å². The molecule has 2 fully saturated rings. The van der Waals surface area contributed by atoms with Gasteiger partial charge in [-0.15, -0.1) is 0 Å². The molecule has 1 aromatic heterocycles. The van der Waals surface area contributed by atoms with Crippen molar-refractivity contribution in [2.45, 2.75) is 58.0 Å². The van der Waals surface area contributed by atoms with E-state index in [1.165, 1.54) is 5.56 Å². The van der Waals surface area contributed by atoms with Gasteiger partial charge in [-0.1, -0.05) is 30.3 Å². The van der Waals surface area contributed by atoms with Crippen molar-refractivity contribution in [2.75, 3.05) is 31.1 Å². The van der Waals surface area contributed by atoms with Crippen molar-refractivity contribution in [3.05, 3.63) is 54.2 Å². The molecule has 4 rings (SSSR count). The number of hydrogen-bond acceptors (Lipinski definition) is 6. The number of hydrogen-bond donors (Lipinski definition) is 0. The Morgan fingerprint density at radius 3 is 2.44 bits per heavy atom. The van der Waals surface area contributed by atoms with Gasteiger partial charge in [0.25, 0.3) is 0 Å². The summed E-state index contributed by atoms with van der Waals surface area (Å²) in [7, 11) is 0. The van der Waals surface area contributed by atoms with Crippen molar-refractivity contribution in [1.82, 2.24) is 9.88 Å². The fraction of sp³-hybridized carbons (Fsp3) is 0.520. The smallest absolute Gasteiger partial charge is 0.410 e. The van der Waals surface area contributed by atoms with Crippen LogP contribution in [0.25, 0.3) is 0 Å². The Labute approximate surface area is 190 Å². The summed E-state index contributed by atoms with van der Waals surface area (Å²) in [5.41, 5.74) is 1.78. The summed E-state index contributed by atoms with van der Waals surface area (Å²) >= 11 is 0. The number of rotatable bonds is 6.